The molecule has 0 saturated carbocycles. The Labute approximate surface area is 98.8 Å². The quantitative estimate of drug-likeness (QED) is 0.585. The minimum Gasteiger partial charge on any atom is -0.369 e. The summed E-state index contributed by atoms with van der Waals surface area (Å²) in [6, 6.07) is 0. The highest BCUT2D eigenvalue weighted by atomic mass is 32.1. The van der Waals surface area contributed by atoms with Gasteiger partial charge in [-0.1, -0.05) is 0 Å². The zero-order chi connectivity index (χ0) is 12.0. The summed E-state index contributed by atoms with van der Waals surface area (Å²) >= 11 is 1.45. The zero-order valence-electron chi connectivity index (χ0n) is 8.81. The Kier molecular flexibility index (Phi) is 1.99. The molecule has 0 radical (unpaired) electrons. The van der Waals surface area contributed by atoms with Gasteiger partial charge in [-0.2, -0.15) is 4.98 Å². The van der Waals surface area contributed by atoms with Gasteiger partial charge < -0.3 is 10.7 Å². The Hall–Kier alpha value is -2.22. The first-order valence-electron chi connectivity index (χ1n) is 4.81. The van der Waals surface area contributed by atoms with E-state index in [1.807, 2.05) is 6.92 Å². The highest BCUT2D eigenvalue weighted by Gasteiger charge is 2.13. The Morgan fingerprint density at radius 3 is 2.88 bits per heavy atom. The molecular weight excluding hydrogens is 240 g/mol. The number of nitrogens with zero attached hydrogens (tertiary/aromatic N) is 3. The van der Waals surface area contributed by atoms with E-state index < -0.39 is 0 Å². The third-order valence-corrected chi connectivity index (χ3v) is 3.28. The van der Waals surface area contributed by atoms with Crippen LogP contribution in [0.5, 0.6) is 0 Å². The van der Waals surface area contributed by atoms with Gasteiger partial charge in [0.15, 0.2) is 17.0 Å². The second-order valence-corrected chi connectivity index (χ2v) is 4.36. The van der Waals surface area contributed by atoms with E-state index in [1.165, 1.54) is 11.3 Å². The highest BCUT2D eigenvalue weighted by molar-refractivity contribution is 7.13. The van der Waals surface area contributed by atoms with Crippen LogP contribution >= 0.6 is 11.3 Å². The van der Waals surface area contributed by atoms with Crippen LogP contribution in [0.3, 0.4) is 0 Å². The maximum atomic E-state index is 11.6. The fourth-order valence-corrected chi connectivity index (χ4v) is 2.31. The van der Waals surface area contributed by atoms with Crippen LogP contribution in [0.4, 0.5) is 5.95 Å². The molecule has 0 saturated heterocycles. The van der Waals surface area contributed by atoms with Gasteiger partial charge in [-0.15, -0.1) is 11.3 Å². The van der Waals surface area contributed by atoms with Crippen molar-refractivity contribution in [3.05, 3.63) is 21.6 Å². The number of imidazole rings is 1. The number of aryl methyl sites for hydroxylation is 1. The summed E-state index contributed by atoms with van der Waals surface area (Å²) in [5.74, 6) is 0.644. The van der Waals surface area contributed by atoms with Gasteiger partial charge >= 0.3 is 0 Å². The van der Waals surface area contributed by atoms with Gasteiger partial charge in [-0.25, -0.2) is 9.97 Å². The van der Waals surface area contributed by atoms with Crippen molar-refractivity contribution in [1.82, 2.24) is 24.9 Å². The first-order chi connectivity index (χ1) is 8.15. The molecule has 0 bridgehead atoms. The second-order valence-electron chi connectivity index (χ2n) is 3.50. The second kappa shape index (κ2) is 3.39. The van der Waals surface area contributed by atoms with Gasteiger partial charge in [-0.05, 0) is 6.92 Å². The van der Waals surface area contributed by atoms with E-state index in [-0.39, 0.29) is 11.5 Å². The molecule has 0 aliphatic rings. The summed E-state index contributed by atoms with van der Waals surface area (Å²) in [6.45, 7) is 1.88. The molecule has 0 spiro atoms. The van der Waals surface area contributed by atoms with Gasteiger partial charge in [0.25, 0.3) is 5.56 Å². The lowest BCUT2D eigenvalue weighted by molar-refractivity contribution is 1.17. The molecule has 0 atom stereocenters. The van der Waals surface area contributed by atoms with E-state index in [9.17, 15) is 4.79 Å². The van der Waals surface area contributed by atoms with Crippen molar-refractivity contribution >= 4 is 28.4 Å². The van der Waals surface area contributed by atoms with Crippen molar-refractivity contribution in [3.8, 4) is 10.7 Å². The number of aromatic nitrogens is 5. The Morgan fingerprint density at radius 1 is 1.35 bits per heavy atom. The molecule has 0 fully saturated rings. The van der Waals surface area contributed by atoms with Crippen LogP contribution in [-0.4, -0.2) is 24.9 Å². The topological polar surface area (TPSA) is 113 Å². The molecule has 0 aromatic carbocycles. The van der Waals surface area contributed by atoms with Crippen LogP contribution in [0.15, 0.2) is 10.3 Å². The minimum atomic E-state index is -0.326. The number of hydrogen-bond donors (Lipinski definition) is 3. The van der Waals surface area contributed by atoms with Gasteiger partial charge in [0.2, 0.25) is 5.95 Å². The van der Waals surface area contributed by atoms with Crippen LogP contribution < -0.4 is 11.3 Å². The summed E-state index contributed by atoms with van der Waals surface area (Å²) in [5.41, 5.74) is 8.35. The first-order valence-corrected chi connectivity index (χ1v) is 5.69. The third-order valence-electron chi connectivity index (χ3n) is 2.34. The summed E-state index contributed by atoms with van der Waals surface area (Å²) in [5, 5.41) is 0. The largest absolute Gasteiger partial charge is 0.369 e. The molecule has 0 amide bonds. The van der Waals surface area contributed by atoms with Crippen LogP contribution in [0.25, 0.3) is 21.9 Å². The van der Waals surface area contributed by atoms with Crippen molar-refractivity contribution < 1.29 is 0 Å². The van der Waals surface area contributed by atoms with Crippen molar-refractivity contribution in [2.45, 2.75) is 6.92 Å². The summed E-state index contributed by atoms with van der Waals surface area (Å²) in [4.78, 5) is 30.2. The molecule has 8 heteroatoms. The average molecular weight is 248 g/mol. The van der Waals surface area contributed by atoms with Crippen LogP contribution in [0, 0.1) is 6.92 Å². The number of rotatable bonds is 1. The van der Waals surface area contributed by atoms with E-state index in [0.717, 1.165) is 10.6 Å². The number of anilines is 1. The molecule has 0 aliphatic carbocycles. The van der Waals surface area contributed by atoms with E-state index in [0.29, 0.717) is 17.0 Å². The van der Waals surface area contributed by atoms with E-state index in [1.54, 1.807) is 5.51 Å². The number of nitrogens with two attached hydrogens (primary N) is 1. The number of fused-ring (bicyclic) bond motifs is 1. The molecule has 0 unspecified atom stereocenters. The number of nitrogen functional groups attached to an aromatic ring is 1. The summed E-state index contributed by atoms with van der Waals surface area (Å²) < 4.78 is 0. The molecule has 3 aromatic heterocycles. The van der Waals surface area contributed by atoms with Gasteiger partial charge in [0, 0.05) is 0 Å². The Morgan fingerprint density at radius 2 is 2.18 bits per heavy atom. The monoisotopic (exact) mass is 248 g/mol. The molecule has 4 N–H and O–H groups in total. The highest BCUT2D eigenvalue weighted by Crippen LogP contribution is 2.25. The van der Waals surface area contributed by atoms with Crippen molar-refractivity contribution in [1.29, 1.82) is 0 Å². The maximum Gasteiger partial charge on any atom is 0.278 e. The normalized spacial score (nSPS) is 11.1. The number of nitrogens with one attached hydrogen (secondary N) is 2. The van der Waals surface area contributed by atoms with Crippen LogP contribution in [0.1, 0.15) is 5.69 Å². The zero-order valence-corrected chi connectivity index (χ0v) is 9.63. The molecule has 3 rings (SSSR count). The van der Waals surface area contributed by atoms with Crippen molar-refractivity contribution in [2.75, 3.05) is 5.73 Å². The SMILES string of the molecule is Cc1ncsc1-c1nc2nc(N)[nH]c(=O)c2[nH]1. The third kappa shape index (κ3) is 1.49. The average Bonchev–Trinajstić information content (AvgIpc) is 2.83. The number of aromatic amines is 2. The smallest absolute Gasteiger partial charge is 0.278 e. The molecule has 3 heterocycles. The summed E-state index contributed by atoms with van der Waals surface area (Å²) in [6.07, 6.45) is 0. The van der Waals surface area contributed by atoms with Crippen molar-refractivity contribution in [2.24, 2.45) is 0 Å². The number of hydrogen-bond acceptors (Lipinski definition) is 6. The van der Waals surface area contributed by atoms with Gasteiger partial charge in [0.05, 0.1) is 16.1 Å². The van der Waals surface area contributed by atoms with E-state index in [2.05, 4.69) is 24.9 Å². The Bertz CT molecular complexity index is 754. The molecule has 86 valence electrons. The summed E-state index contributed by atoms with van der Waals surface area (Å²) in [7, 11) is 0. The minimum absolute atomic E-state index is 0.0570. The number of thiazole rings is 1. The number of H-pyrrole nitrogens is 2. The maximum absolute atomic E-state index is 11.6. The molecular formula is C9H8N6OS. The molecule has 0 aliphatic heterocycles. The fraction of sp³-hybridized carbons (Fsp3) is 0.111. The van der Waals surface area contributed by atoms with Crippen LogP contribution in [-0.2, 0) is 0 Å². The fourth-order valence-electron chi connectivity index (χ4n) is 1.56. The standard InChI is InChI=1S/C9H8N6OS/c1-3-5(17-2-11-3)7-12-4-6(13-7)14-9(10)15-8(4)16/h2H,1H3,(H4,10,12,13,14,15,16). The lowest BCUT2D eigenvalue weighted by Gasteiger charge is -1.89. The Balaban J connectivity index is 2.31. The molecule has 17 heavy (non-hydrogen) atoms. The van der Waals surface area contributed by atoms with Crippen molar-refractivity contribution in [3.63, 3.8) is 0 Å². The van der Waals surface area contributed by atoms with E-state index in [4.69, 9.17) is 5.73 Å². The van der Waals surface area contributed by atoms with Gasteiger partial charge in [-0.3, -0.25) is 9.78 Å². The first kappa shape index (κ1) is 9.97. The van der Waals surface area contributed by atoms with Gasteiger partial charge in [0.1, 0.15) is 0 Å². The lowest BCUT2D eigenvalue weighted by atomic mass is 10.4. The lowest BCUT2D eigenvalue weighted by Crippen LogP contribution is -2.10. The van der Waals surface area contributed by atoms with Crippen LogP contribution in [0.2, 0.25) is 0 Å². The molecule has 7 nitrogen and oxygen atoms in total. The molecule has 3 aromatic rings. The predicted octanol–water partition coefficient (Wildman–Crippen LogP) is 0.660. The predicted molar refractivity (Wildman–Crippen MR) is 64.8 cm³/mol. The van der Waals surface area contributed by atoms with E-state index >= 15 is 0 Å².